The fraction of sp³-hybridized carbons (Fsp3) is 0.571. The SMILES string of the molecule is CC(C1CC1)n1cc(NC(=O)NCCCc2ncn[nH]2)cn1. The molecule has 118 valence electrons. The zero-order valence-electron chi connectivity index (χ0n) is 12.6. The van der Waals surface area contributed by atoms with Crippen LogP contribution in [0.1, 0.15) is 38.1 Å². The quantitative estimate of drug-likeness (QED) is 0.678. The zero-order valence-corrected chi connectivity index (χ0v) is 12.6. The van der Waals surface area contributed by atoms with Crippen LogP contribution in [0.15, 0.2) is 18.7 Å². The third-order valence-corrected chi connectivity index (χ3v) is 3.92. The van der Waals surface area contributed by atoms with E-state index in [1.807, 2.05) is 10.9 Å². The number of urea groups is 1. The van der Waals surface area contributed by atoms with E-state index in [0.29, 0.717) is 12.6 Å². The van der Waals surface area contributed by atoms with Crippen molar-refractivity contribution in [3.05, 3.63) is 24.5 Å². The summed E-state index contributed by atoms with van der Waals surface area (Å²) in [6, 6.07) is 0.191. The van der Waals surface area contributed by atoms with Crippen LogP contribution in [0.5, 0.6) is 0 Å². The molecule has 0 radical (unpaired) electrons. The molecule has 1 saturated carbocycles. The summed E-state index contributed by atoms with van der Waals surface area (Å²) in [5.74, 6) is 1.57. The van der Waals surface area contributed by atoms with Crippen molar-refractivity contribution in [3.63, 3.8) is 0 Å². The smallest absolute Gasteiger partial charge is 0.319 e. The second-order valence-electron chi connectivity index (χ2n) is 5.70. The molecule has 2 heterocycles. The minimum Gasteiger partial charge on any atom is -0.338 e. The number of anilines is 1. The van der Waals surface area contributed by atoms with Gasteiger partial charge in [0.15, 0.2) is 0 Å². The van der Waals surface area contributed by atoms with Crippen molar-refractivity contribution in [1.82, 2.24) is 30.3 Å². The summed E-state index contributed by atoms with van der Waals surface area (Å²) in [4.78, 5) is 15.8. The van der Waals surface area contributed by atoms with Crippen LogP contribution in [0.3, 0.4) is 0 Å². The zero-order chi connectivity index (χ0) is 15.4. The number of aromatic nitrogens is 5. The molecule has 2 aromatic rings. The first-order valence-electron chi connectivity index (χ1n) is 7.65. The summed E-state index contributed by atoms with van der Waals surface area (Å²) in [6.45, 7) is 2.75. The lowest BCUT2D eigenvalue weighted by atomic mass is 10.2. The predicted octanol–water partition coefficient (Wildman–Crippen LogP) is 1.73. The van der Waals surface area contributed by atoms with Gasteiger partial charge < -0.3 is 10.6 Å². The average molecular weight is 303 g/mol. The van der Waals surface area contributed by atoms with E-state index < -0.39 is 0 Å². The summed E-state index contributed by atoms with van der Waals surface area (Å²) in [5, 5.41) is 16.5. The highest BCUT2D eigenvalue weighted by Gasteiger charge is 2.29. The molecule has 0 saturated heterocycles. The van der Waals surface area contributed by atoms with Crippen LogP contribution in [-0.2, 0) is 6.42 Å². The normalized spacial score (nSPS) is 15.5. The standard InChI is InChI=1S/C14H21N7O/c1-10(11-4-5-11)21-8-12(7-18-21)19-14(22)15-6-2-3-13-16-9-17-20-13/h7-11H,2-6H2,1H3,(H2,15,19,22)(H,16,17,20). The van der Waals surface area contributed by atoms with Gasteiger partial charge in [-0.05, 0) is 32.1 Å². The highest BCUT2D eigenvalue weighted by atomic mass is 16.2. The van der Waals surface area contributed by atoms with Gasteiger partial charge in [0.25, 0.3) is 0 Å². The number of rotatable bonds is 7. The largest absolute Gasteiger partial charge is 0.338 e. The van der Waals surface area contributed by atoms with Gasteiger partial charge in [0.2, 0.25) is 0 Å². The van der Waals surface area contributed by atoms with Crippen LogP contribution in [-0.4, -0.2) is 37.5 Å². The Kier molecular flexibility index (Phi) is 4.36. The Morgan fingerprint density at radius 1 is 1.55 bits per heavy atom. The first-order valence-corrected chi connectivity index (χ1v) is 7.65. The van der Waals surface area contributed by atoms with Gasteiger partial charge in [-0.3, -0.25) is 9.78 Å². The van der Waals surface area contributed by atoms with E-state index in [-0.39, 0.29) is 6.03 Å². The lowest BCUT2D eigenvalue weighted by Crippen LogP contribution is -2.29. The molecule has 0 aromatic carbocycles. The lowest BCUT2D eigenvalue weighted by Gasteiger charge is -2.09. The number of H-pyrrole nitrogens is 1. The van der Waals surface area contributed by atoms with Gasteiger partial charge in [-0.1, -0.05) is 0 Å². The second-order valence-corrected chi connectivity index (χ2v) is 5.70. The van der Waals surface area contributed by atoms with E-state index in [1.54, 1.807) is 6.20 Å². The molecule has 2 aromatic heterocycles. The molecule has 1 aliphatic carbocycles. The first kappa shape index (κ1) is 14.6. The van der Waals surface area contributed by atoms with Gasteiger partial charge in [0.1, 0.15) is 12.2 Å². The number of aromatic amines is 1. The minimum atomic E-state index is -0.212. The molecule has 2 amide bonds. The lowest BCUT2D eigenvalue weighted by molar-refractivity contribution is 0.252. The molecule has 0 aliphatic heterocycles. The van der Waals surface area contributed by atoms with Gasteiger partial charge in [0.05, 0.1) is 17.9 Å². The third-order valence-electron chi connectivity index (χ3n) is 3.92. The Morgan fingerprint density at radius 2 is 2.41 bits per heavy atom. The maximum absolute atomic E-state index is 11.8. The molecule has 22 heavy (non-hydrogen) atoms. The molecule has 8 heteroatoms. The van der Waals surface area contributed by atoms with Gasteiger partial charge in [-0.25, -0.2) is 9.78 Å². The molecule has 3 N–H and O–H groups in total. The number of hydrogen-bond acceptors (Lipinski definition) is 4. The van der Waals surface area contributed by atoms with Gasteiger partial charge >= 0.3 is 6.03 Å². The topological polar surface area (TPSA) is 101 Å². The van der Waals surface area contributed by atoms with Crippen molar-refractivity contribution in [3.8, 4) is 0 Å². The van der Waals surface area contributed by atoms with Crippen LogP contribution in [0.25, 0.3) is 0 Å². The predicted molar refractivity (Wildman–Crippen MR) is 81.4 cm³/mol. The summed E-state index contributed by atoms with van der Waals surface area (Å²) in [5.41, 5.74) is 0.722. The Bertz CT molecular complexity index is 602. The van der Waals surface area contributed by atoms with Gasteiger partial charge in [-0.15, -0.1) is 0 Å². The molecular weight excluding hydrogens is 282 g/mol. The number of hydrogen-bond donors (Lipinski definition) is 3. The van der Waals surface area contributed by atoms with Crippen molar-refractivity contribution >= 4 is 11.7 Å². The number of aryl methyl sites for hydroxylation is 1. The summed E-state index contributed by atoms with van der Waals surface area (Å²) in [7, 11) is 0. The summed E-state index contributed by atoms with van der Waals surface area (Å²) in [6.07, 6.45) is 9.17. The number of nitrogens with zero attached hydrogens (tertiary/aromatic N) is 4. The van der Waals surface area contributed by atoms with Crippen molar-refractivity contribution < 1.29 is 4.79 Å². The highest BCUT2D eigenvalue weighted by Crippen LogP contribution is 2.39. The number of amides is 2. The van der Waals surface area contributed by atoms with E-state index in [0.717, 1.165) is 30.3 Å². The fourth-order valence-corrected chi connectivity index (χ4v) is 2.40. The molecule has 1 fully saturated rings. The van der Waals surface area contributed by atoms with Gasteiger partial charge in [0, 0.05) is 19.2 Å². The third kappa shape index (κ3) is 3.84. The maximum atomic E-state index is 11.8. The van der Waals surface area contributed by atoms with Crippen LogP contribution >= 0.6 is 0 Å². The van der Waals surface area contributed by atoms with Crippen molar-refractivity contribution in [2.75, 3.05) is 11.9 Å². The number of carbonyl (C=O) groups is 1. The van der Waals surface area contributed by atoms with E-state index in [4.69, 9.17) is 0 Å². The summed E-state index contributed by atoms with van der Waals surface area (Å²) >= 11 is 0. The molecule has 1 atom stereocenters. The number of nitrogens with one attached hydrogen (secondary N) is 3. The monoisotopic (exact) mass is 303 g/mol. The molecule has 1 aliphatic rings. The number of carbonyl (C=O) groups excluding carboxylic acids is 1. The van der Waals surface area contributed by atoms with Crippen molar-refractivity contribution in [2.45, 2.75) is 38.6 Å². The Labute approximate surface area is 128 Å². The summed E-state index contributed by atoms with van der Waals surface area (Å²) < 4.78 is 1.93. The first-order chi connectivity index (χ1) is 10.7. The van der Waals surface area contributed by atoms with Crippen molar-refractivity contribution in [2.24, 2.45) is 5.92 Å². The molecule has 3 rings (SSSR count). The Morgan fingerprint density at radius 3 is 3.14 bits per heavy atom. The van der Waals surface area contributed by atoms with E-state index >= 15 is 0 Å². The molecule has 8 nitrogen and oxygen atoms in total. The highest BCUT2D eigenvalue weighted by molar-refractivity contribution is 5.88. The Balaban J connectivity index is 1.38. The average Bonchev–Trinajstić information content (AvgIpc) is 3.03. The second kappa shape index (κ2) is 6.59. The van der Waals surface area contributed by atoms with Crippen LogP contribution in [0.2, 0.25) is 0 Å². The van der Waals surface area contributed by atoms with E-state index in [9.17, 15) is 4.79 Å². The minimum absolute atomic E-state index is 0.212. The molecule has 0 spiro atoms. The van der Waals surface area contributed by atoms with E-state index in [1.165, 1.54) is 19.2 Å². The van der Waals surface area contributed by atoms with Crippen molar-refractivity contribution in [1.29, 1.82) is 0 Å². The molecule has 0 bridgehead atoms. The molecule has 1 unspecified atom stereocenters. The maximum Gasteiger partial charge on any atom is 0.319 e. The van der Waals surface area contributed by atoms with Crippen LogP contribution < -0.4 is 10.6 Å². The fourth-order valence-electron chi connectivity index (χ4n) is 2.40. The molecular formula is C14H21N7O. The van der Waals surface area contributed by atoms with E-state index in [2.05, 4.69) is 37.8 Å². The van der Waals surface area contributed by atoms with Crippen LogP contribution in [0, 0.1) is 5.92 Å². The van der Waals surface area contributed by atoms with Crippen LogP contribution in [0.4, 0.5) is 10.5 Å². The Hall–Kier alpha value is -2.38. The van der Waals surface area contributed by atoms with Gasteiger partial charge in [-0.2, -0.15) is 10.2 Å².